The molecule has 2 atom stereocenters. The Labute approximate surface area is 203 Å². The molecule has 1 saturated heterocycles. The molecule has 1 unspecified atom stereocenters. The van der Waals surface area contributed by atoms with E-state index in [1.165, 1.54) is 10.9 Å². The number of nitrogens with zero attached hydrogens (tertiary/aromatic N) is 3. The molecule has 4 aromatic rings. The first-order chi connectivity index (χ1) is 17.2. The van der Waals surface area contributed by atoms with E-state index in [-0.39, 0.29) is 18.1 Å². The van der Waals surface area contributed by atoms with Crippen LogP contribution in [0.5, 0.6) is 11.5 Å². The molecule has 0 spiro atoms. The Bertz CT molecular complexity index is 1410. The van der Waals surface area contributed by atoms with Gasteiger partial charge in [0.2, 0.25) is 0 Å². The molecule has 0 saturated carbocycles. The lowest BCUT2D eigenvalue weighted by Crippen LogP contribution is -2.39. The van der Waals surface area contributed by atoms with Crippen LogP contribution in [0.4, 0.5) is 0 Å². The standard InChI is InChI=1S/C28H26N4O3/c1-34-20-11-7-18(8-12-20)16-29-32-27(19-9-13-21(35-2)14-10-19)31-17-25-23(15-26(31)28(32)33)22-5-3-4-6-24(22)30-25/h3-14,16,26-27,30H,15,17H2,1-2H3/t26-,27?/m0/s1. The number of H-pyrrole nitrogens is 1. The zero-order chi connectivity index (χ0) is 23.9. The van der Waals surface area contributed by atoms with Gasteiger partial charge in [0.1, 0.15) is 17.7 Å². The van der Waals surface area contributed by atoms with E-state index in [0.717, 1.165) is 33.8 Å². The van der Waals surface area contributed by atoms with Crippen molar-refractivity contribution in [3.8, 4) is 11.5 Å². The van der Waals surface area contributed by atoms with Gasteiger partial charge in [0.05, 0.1) is 26.5 Å². The summed E-state index contributed by atoms with van der Waals surface area (Å²) in [5, 5.41) is 7.52. The minimum atomic E-state index is -0.313. The number of ether oxygens (including phenoxy) is 2. The van der Waals surface area contributed by atoms with Crippen molar-refractivity contribution in [3.63, 3.8) is 0 Å². The number of hydrogen-bond acceptors (Lipinski definition) is 5. The largest absolute Gasteiger partial charge is 0.497 e. The van der Waals surface area contributed by atoms with Gasteiger partial charge in [0, 0.05) is 23.1 Å². The normalized spacial score (nSPS) is 19.8. The predicted molar refractivity (Wildman–Crippen MR) is 135 cm³/mol. The summed E-state index contributed by atoms with van der Waals surface area (Å²) >= 11 is 0. The van der Waals surface area contributed by atoms with Crippen LogP contribution in [0.25, 0.3) is 10.9 Å². The number of aromatic amines is 1. The van der Waals surface area contributed by atoms with Gasteiger partial charge in [-0.15, -0.1) is 0 Å². The number of hydrazone groups is 1. The second-order valence-electron chi connectivity index (χ2n) is 8.87. The van der Waals surface area contributed by atoms with Crippen molar-refractivity contribution < 1.29 is 14.3 Å². The summed E-state index contributed by atoms with van der Waals surface area (Å²) in [7, 11) is 3.29. The fourth-order valence-electron chi connectivity index (χ4n) is 5.17. The maximum absolute atomic E-state index is 13.8. The highest BCUT2D eigenvalue weighted by atomic mass is 16.5. The van der Waals surface area contributed by atoms with E-state index in [2.05, 4.69) is 22.0 Å². The van der Waals surface area contributed by atoms with E-state index in [1.54, 1.807) is 25.4 Å². The van der Waals surface area contributed by atoms with Gasteiger partial charge in [-0.25, -0.2) is 5.01 Å². The fraction of sp³-hybridized carbons (Fsp3) is 0.214. The molecule has 1 N–H and O–H groups in total. The Kier molecular flexibility index (Phi) is 5.26. The van der Waals surface area contributed by atoms with Crippen molar-refractivity contribution in [1.29, 1.82) is 0 Å². The summed E-state index contributed by atoms with van der Waals surface area (Å²) in [5.74, 6) is 1.56. The minimum absolute atomic E-state index is 0.00603. The van der Waals surface area contributed by atoms with Crippen LogP contribution in [0, 0.1) is 0 Å². The topological polar surface area (TPSA) is 70.2 Å². The lowest BCUT2D eigenvalue weighted by molar-refractivity contribution is -0.130. The van der Waals surface area contributed by atoms with Crippen molar-refractivity contribution in [1.82, 2.24) is 14.9 Å². The van der Waals surface area contributed by atoms with Crippen LogP contribution in [0.2, 0.25) is 0 Å². The Balaban J connectivity index is 1.39. The molecule has 2 aliphatic heterocycles. The fourth-order valence-corrected chi connectivity index (χ4v) is 5.17. The number of methoxy groups -OCH3 is 2. The number of fused-ring (bicyclic) bond motifs is 4. The molecule has 2 aliphatic rings. The van der Waals surface area contributed by atoms with E-state index in [0.29, 0.717) is 13.0 Å². The average Bonchev–Trinajstić information content (AvgIpc) is 3.40. The first-order valence-electron chi connectivity index (χ1n) is 11.7. The third-order valence-corrected chi connectivity index (χ3v) is 6.96. The number of benzene rings is 3. The third-order valence-electron chi connectivity index (χ3n) is 6.96. The van der Waals surface area contributed by atoms with Crippen molar-refractivity contribution >= 4 is 23.0 Å². The second-order valence-corrected chi connectivity index (χ2v) is 8.87. The van der Waals surface area contributed by atoms with Crippen molar-refractivity contribution in [2.45, 2.75) is 25.2 Å². The van der Waals surface area contributed by atoms with E-state index in [1.807, 2.05) is 60.7 Å². The van der Waals surface area contributed by atoms with E-state index >= 15 is 0 Å². The molecule has 7 heteroatoms. The molecule has 6 rings (SSSR count). The van der Waals surface area contributed by atoms with Gasteiger partial charge >= 0.3 is 0 Å². The predicted octanol–water partition coefficient (Wildman–Crippen LogP) is 4.49. The van der Waals surface area contributed by atoms with Gasteiger partial charge in [-0.2, -0.15) is 5.10 Å². The summed E-state index contributed by atoms with van der Waals surface area (Å²) < 4.78 is 10.6. The SMILES string of the molecule is COc1ccc(C=NN2C(=O)[C@@H]3Cc4c([nH]c5ccccc45)CN3C2c2ccc(OC)cc2)cc1. The highest BCUT2D eigenvalue weighted by Crippen LogP contribution is 2.42. The quantitative estimate of drug-likeness (QED) is 0.440. The average molecular weight is 467 g/mol. The van der Waals surface area contributed by atoms with E-state index in [4.69, 9.17) is 14.6 Å². The van der Waals surface area contributed by atoms with Gasteiger partial charge in [0.15, 0.2) is 0 Å². The summed E-state index contributed by atoms with van der Waals surface area (Å²) in [6.45, 7) is 0.645. The molecular weight excluding hydrogens is 440 g/mol. The number of aromatic nitrogens is 1. The summed E-state index contributed by atoms with van der Waals surface area (Å²) in [4.78, 5) is 19.6. The van der Waals surface area contributed by atoms with Crippen LogP contribution in [-0.4, -0.2) is 47.3 Å². The molecular formula is C28H26N4O3. The van der Waals surface area contributed by atoms with Crippen molar-refractivity contribution in [2.75, 3.05) is 14.2 Å². The lowest BCUT2D eigenvalue weighted by Gasteiger charge is -2.32. The zero-order valence-corrected chi connectivity index (χ0v) is 19.6. The number of amides is 1. The molecule has 0 radical (unpaired) electrons. The van der Waals surface area contributed by atoms with Gasteiger partial charge in [-0.1, -0.05) is 30.3 Å². The van der Waals surface area contributed by atoms with E-state index < -0.39 is 0 Å². The number of carbonyl (C=O) groups is 1. The highest BCUT2D eigenvalue weighted by Gasteiger charge is 2.49. The van der Waals surface area contributed by atoms with Crippen LogP contribution >= 0.6 is 0 Å². The molecule has 0 aliphatic carbocycles. The van der Waals surface area contributed by atoms with E-state index in [9.17, 15) is 4.79 Å². The van der Waals surface area contributed by atoms with Crippen molar-refractivity contribution in [3.05, 3.63) is 95.2 Å². The number of para-hydroxylation sites is 1. The minimum Gasteiger partial charge on any atom is -0.497 e. The Hall–Kier alpha value is -4.10. The maximum Gasteiger partial charge on any atom is 0.262 e. The van der Waals surface area contributed by atoms with Crippen LogP contribution in [0.1, 0.15) is 28.6 Å². The number of nitrogens with one attached hydrogen (secondary N) is 1. The van der Waals surface area contributed by atoms with Gasteiger partial charge < -0.3 is 14.5 Å². The molecule has 176 valence electrons. The van der Waals surface area contributed by atoms with Crippen LogP contribution in [0.15, 0.2) is 77.9 Å². The van der Waals surface area contributed by atoms with Crippen LogP contribution < -0.4 is 9.47 Å². The first-order valence-corrected chi connectivity index (χ1v) is 11.7. The Morgan fingerprint density at radius 1 is 0.943 bits per heavy atom. The summed E-state index contributed by atoms with van der Waals surface area (Å²) in [6.07, 6.45) is 2.08. The molecule has 1 fully saturated rings. The molecule has 7 nitrogen and oxygen atoms in total. The van der Waals surface area contributed by atoms with Crippen molar-refractivity contribution in [2.24, 2.45) is 5.10 Å². The molecule has 3 heterocycles. The smallest absolute Gasteiger partial charge is 0.262 e. The number of hydrogen-bond donors (Lipinski definition) is 1. The zero-order valence-electron chi connectivity index (χ0n) is 19.6. The maximum atomic E-state index is 13.8. The molecule has 1 amide bonds. The molecule has 0 bridgehead atoms. The first kappa shape index (κ1) is 21.4. The van der Waals surface area contributed by atoms with Gasteiger partial charge in [-0.3, -0.25) is 9.69 Å². The number of carbonyl (C=O) groups excluding carboxylic acids is 1. The molecule has 3 aromatic carbocycles. The van der Waals surface area contributed by atoms with Crippen LogP contribution in [-0.2, 0) is 17.8 Å². The Morgan fingerprint density at radius 3 is 2.34 bits per heavy atom. The summed E-state index contributed by atoms with van der Waals surface area (Å²) in [5.41, 5.74) is 5.39. The van der Waals surface area contributed by atoms with Gasteiger partial charge in [-0.05, 0) is 65.6 Å². The third kappa shape index (κ3) is 3.65. The molecule has 35 heavy (non-hydrogen) atoms. The Morgan fingerprint density at radius 2 is 1.63 bits per heavy atom. The summed E-state index contributed by atoms with van der Waals surface area (Å²) in [6, 6.07) is 23.5. The lowest BCUT2D eigenvalue weighted by atomic mass is 9.97. The number of rotatable bonds is 5. The van der Waals surface area contributed by atoms with Gasteiger partial charge in [0.25, 0.3) is 5.91 Å². The second kappa shape index (κ2) is 8.60. The highest BCUT2D eigenvalue weighted by molar-refractivity contribution is 5.90. The van der Waals surface area contributed by atoms with Crippen LogP contribution in [0.3, 0.4) is 0 Å². The molecule has 1 aromatic heterocycles. The monoisotopic (exact) mass is 466 g/mol.